The van der Waals surface area contributed by atoms with Crippen LogP contribution >= 0.6 is 0 Å². The third kappa shape index (κ3) is 3.97. The lowest BCUT2D eigenvalue weighted by atomic mass is 9.98. The van der Waals surface area contributed by atoms with Gasteiger partial charge < -0.3 is 25.8 Å². The summed E-state index contributed by atoms with van der Waals surface area (Å²) in [6, 6.07) is 18.8. The molecule has 7 nitrogen and oxygen atoms in total. The van der Waals surface area contributed by atoms with E-state index in [-0.39, 0.29) is 13.0 Å². The quantitative estimate of drug-likeness (QED) is 0.429. The zero-order valence-electron chi connectivity index (χ0n) is 16.2. The number of hydrogen-bond donors (Lipinski definition) is 3. The summed E-state index contributed by atoms with van der Waals surface area (Å²) < 4.78 is 11.4. The van der Waals surface area contributed by atoms with E-state index in [0.717, 1.165) is 22.3 Å². The van der Waals surface area contributed by atoms with Crippen LogP contribution in [0.1, 0.15) is 16.7 Å². The smallest absolute Gasteiger partial charge is 0.307 e. The van der Waals surface area contributed by atoms with Gasteiger partial charge in [0.25, 0.3) is 0 Å². The molecule has 0 radical (unpaired) electrons. The number of rotatable bonds is 7. The minimum Gasteiger partial charge on any atom is -0.489 e. The molecule has 0 atom stereocenters. The number of nitrogen functional groups attached to an aromatic ring is 1. The van der Waals surface area contributed by atoms with E-state index in [1.54, 1.807) is 18.2 Å². The largest absolute Gasteiger partial charge is 0.489 e. The molecule has 7 heteroatoms. The Morgan fingerprint density at radius 1 is 1.07 bits per heavy atom. The van der Waals surface area contributed by atoms with Crippen molar-refractivity contribution in [1.29, 1.82) is 0 Å². The predicted molar refractivity (Wildman–Crippen MR) is 114 cm³/mol. The molecule has 152 valence electrons. The van der Waals surface area contributed by atoms with E-state index in [2.05, 4.69) is 5.16 Å². The molecule has 5 N–H and O–H groups in total. The van der Waals surface area contributed by atoms with Crippen LogP contribution in [-0.4, -0.2) is 16.2 Å². The Kier molecular flexibility index (Phi) is 5.36. The summed E-state index contributed by atoms with van der Waals surface area (Å²) in [6.07, 6.45) is -0.106. The number of hydrogen-bond acceptors (Lipinski definition) is 6. The van der Waals surface area contributed by atoms with Gasteiger partial charge in [0.2, 0.25) is 0 Å². The zero-order chi connectivity index (χ0) is 21.1. The van der Waals surface area contributed by atoms with Crippen LogP contribution in [0.5, 0.6) is 5.75 Å². The zero-order valence-corrected chi connectivity index (χ0v) is 16.2. The van der Waals surface area contributed by atoms with Gasteiger partial charge in [-0.3, -0.25) is 4.79 Å². The van der Waals surface area contributed by atoms with Crippen LogP contribution in [0.2, 0.25) is 0 Å². The van der Waals surface area contributed by atoms with Crippen molar-refractivity contribution in [1.82, 2.24) is 5.16 Å². The Morgan fingerprint density at radius 2 is 1.90 bits per heavy atom. The van der Waals surface area contributed by atoms with Crippen LogP contribution in [-0.2, 0) is 24.4 Å². The van der Waals surface area contributed by atoms with Crippen molar-refractivity contribution in [2.24, 2.45) is 5.73 Å². The molecule has 0 aliphatic carbocycles. The fourth-order valence-corrected chi connectivity index (χ4v) is 3.40. The molecule has 0 aliphatic heterocycles. The summed E-state index contributed by atoms with van der Waals surface area (Å²) in [5.41, 5.74) is 16.6. The van der Waals surface area contributed by atoms with Gasteiger partial charge in [-0.25, -0.2) is 0 Å². The van der Waals surface area contributed by atoms with E-state index in [1.807, 2.05) is 42.5 Å². The first kappa shape index (κ1) is 19.5. The Labute approximate surface area is 172 Å². The predicted octanol–water partition coefficient (Wildman–Crippen LogP) is 3.74. The van der Waals surface area contributed by atoms with Gasteiger partial charge in [-0.05, 0) is 41.0 Å². The minimum absolute atomic E-state index is 0.106. The topological polar surface area (TPSA) is 125 Å². The summed E-state index contributed by atoms with van der Waals surface area (Å²) in [5.74, 6) is -0.0777. The molecular weight excluding hydrogens is 382 g/mol. The molecule has 0 saturated carbocycles. The molecule has 0 saturated heterocycles. The highest BCUT2D eigenvalue weighted by Crippen LogP contribution is 2.34. The second-order valence-electron chi connectivity index (χ2n) is 6.96. The van der Waals surface area contributed by atoms with Crippen LogP contribution in [0.25, 0.3) is 22.1 Å². The molecule has 0 bridgehead atoms. The monoisotopic (exact) mass is 403 g/mol. The molecule has 1 heterocycles. The van der Waals surface area contributed by atoms with Crippen LogP contribution < -0.4 is 16.2 Å². The fraction of sp³-hybridized carbons (Fsp3) is 0.130. The van der Waals surface area contributed by atoms with Crippen LogP contribution in [0.3, 0.4) is 0 Å². The lowest BCUT2D eigenvalue weighted by molar-refractivity contribution is -0.136. The molecule has 0 amide bonds. The maximum absolute atomic E-state index is 11.1. The maximum atomic E-state index is 11.1. The van der Waals surface area contributed by atoms with Crippen molar-refractivity contribution in [3.63, 3.8) is 0 Å². The Bertz CT molecular complexity index is 1220. The molecule has 1 aromatic heterocycles. The van der Waals surface area contributed by atoms with Gasteiger partial charge in [-0.2, -0.15) is 0 Å². The first-order valence-electron chi connectivity index (χ1n) is 9.45. The molecule has 0 aliphatic rings. The number of carboxylic acid groups (broad SMARTS) is 1. The van der Waals surface area contributed by atoms with E-state index in [9.17, 15) is 4.79 Å². The number of para-hydroxylation sites is 1. The van der Waals surface area contributed by atoms with Crippen LogP contribution in [0.15, 0.2) is 65.2 Å². The summed E-state index contributed by atoms with van der Waals surface area (Å²) >= 11 is 0. The van der Waals surface area contributed by atoms with Crippen molar-refractivity contribution in [2.45, 2.75) is 19.6 Å². The van der Waals surface area contributed by atoms with Crippen molar-refractivity contribution in [2.75, 3.05) is 5.73 Å². The highest BCUT2D eigenvalue weighted by molar-refractivity contribution is 5.98. The normalized spacial score (nSPS) is 11.0. The van der Waals surface area contributed by atoms with Gasteiger partial charge in [0.05, 0.1) is 11.8 Å². The number of ether oxygens (including phenoxy) is 1. The number of nitrogens with two attached hydrogens (primary N) is 2. The summed E-state index contributed by atoms with van der Waals surface area (Å²) in [4.78, 5) is 11.1. The Hall–Kier alpha value is -3.84. The number of benzene rings is 3. The van der Waals surface area contributed by atoms with Crippen LogP contribution in [0, 0.1) is 0 Å². The van der Waals surface area contributed by atoms with E-state index in [0.29, 0.717) is 34.6 Å². The Balaban J connectivity index is 1.71. The number of aliphatic carboxylic acids is 1. The first-order chi connectivity index (χ1) is 14.5. The van der Waals surface area contributed by atoms with Gasteiger partial charge in [0.1, 0.15) is 12.4 Å². The average Bonchev–Trinajstić information content (AvgIpc) is 3.13. The Morgan fingerprint density at radius 3 is 2.70 bits per heavy atom. The summed E-state index contributed by atoms with van der Waals surface area (Å²) in [7, 11) is 0. The van der Waals surface area contributed by atoms with E-state index < -0.39 is 5.97 Å². The molecular formula is C23H21N3O4. The molecule has 30 heavy (non-hydrogen) atoms. The van der Waals surface area contributed by atoms with Gasteiger partial charge in [0.15, 0.2) is 11.4 Å². The highest BCUT2D eigenvalue weighted by Gasteiger charge is 2.15. The number of anilines is 1. The molecule has 4 rings (SSSR count). The fourth-order valence-electron chi connectivity index (χ4n) is 3.40. The number of fused-ring (bicyclic) bond motifs is 1. The minimum atomic E-state index is -0.910. The number of carboxylic acids is 1. The molecule has 0 spiro atoms. The van der Waals surface area contributed by atoms with Crippen molar-refractivity contribution >= 4 is 22.8 Å². The molecule has 3 aromatic carbocycles. The molecule has 0 fully saturated rings. The molecule has 0 unspecified atom stereocenters. The summed E-state index contributed by atoms with van der Waals surface area (Å²) in [5, 5.41) is 13.7. The molecule has 4 aromatic rings. The standard InChI is InChI=1S/C23H21N3O4/c24-12-14-4-3-6-16(8-14)18-9-15(10-19-22(18)30-26-23(19)25)13-29-20-7-2-1-5-17(20)11-21(27)28/h1-10H,11-13,24H2,(H2,25,26)(H,27,28). The number of carbonyl (C=O) groups is 1. The average molecular weight is 403 g/mol. The summed E-state index contributed by atoms with van der Waals surface area (Å²) in [6.45, 7) is 0.666. The number of nitrogens with zero attached hydrogens (tertiary/aromatic N) is 1. The van der Waals surface area contributed by atoms with Crippen molar-refractivity contribution < 1.29 is 19.2 Å². The van der Waals surface area contributed by atoms with Gasteiger partial charge in [-0.15, -0.1) is 0 Å². The van der Waals surface area contributed by atoms with Crippen LogP contribution in [0.4, 0.5) is 5.82 Å². The third-order valence-corrected chi connectivity index (χ3v) is 4.84. The van der Waals surface area contributed by atoms with E-state index >= 15 is 0 Å². The van der Waals surface area contributed by atoms with Gasteiger partial charge in [0, 0.05) is 17.7 Å². The van der Waals surface area contributed by atoms with Crippen molar-refractivity contribution in [3.05, 3.63) is 77.4 Å². The van der Waals surface area contributed by atoms with E-state index in [4.69, 9.17) is 25.8 Å². The first-order valence-corrected chi connectivity index (χ1v) is 9.45. The van der Waals surface area contributed by atoms with E-state index in [1.165, 1.54) is 0 Å². The van der Waals surface area contributed by atoms with Crippen molar-refractivity contribution in [3.8, 4) is 16.9 Å². The maximum Gasteiger partial charge on any atom is 0.307 e. The van der Waals surface area contributed by atoms with Gasteiger partial charge in [-0.1, -0.05) is 41.6 Å². The SMILES string of the molecule is NCc1cccc(-c2cc(COc3ccccc3CC(=O)O)cc3c(N)noc23)c1. The highest BCUT2D eigenvalue weighted by atomic mass is 16.5. The second kappa shape index (κ2) is 8.26. The second-order valence-corrected chi connectivity index (χ2v) is 6.96. The lowest BCUT2D eigenvalue weighted by Gasteiger charge is -2.12. The third-order valence-electron chi connectivity index (χ3n) is 4.84. The lowest BCUT2D eigenvalue weighted by Crippen LogP contribution is -2.04. The number of aromatic nitrogens is 1. The van der Waals surface area contributed by atoms with Gasteiger partial charge >= 0.3 is 5.97 Å².